The summed E-state index contributed by atoms with van der Waals surface area (Å²) < 4.78 is 0. The summed E-state index contributed by atoms with van der Waals surface area (Å²) in [5.41, 5.74) is 0.474. The lowest BCUT2D eigenvalue weighted by molar-refractivity contribution is 0.0698. The minimum atomic E-state index is 0. The molecule has 0 atom stereocenters. The zero-order valence-electron chi connectivity index (χ0n) is 15.1. The minimum absolute atomic E-state index is 0. The van der Waals surface area contributed by atoms with E-state index in [4.69, 9.17) is 0 Å². The van der Waals surface area contributed by atoms with Gasteiger partial charge < -0.3 is 15.1 Å². The lowest BCUT2D eigenvalue weighted by atomic mass is 10.0. The maximum absolute atomic E-state index is 12.6. The van der Waals surface area contributed by atoms with Crippen molar-refractivity contribution in [1.82, 2.24) is 20.4 Å². The Kier molecular flexibility index (Phi) is 7.92. The summed E-state index contributed by atoms with van der Waals surface area (Å²) in [6.07, 6.45) is 7.28. The molecular weight excluding hydrogens is 373 g/mol. The summed E-state index contributed by atoms with van der Waals surface area (Å²) in [6.45, 7) is 4.88. The lowest BCUT2D eigenvalue weighted by Crippen LogP contribution is -2.45. The summed E-state index contributed by atoms with van der Waals surface area (Å²) in [4.78, 5) is 16.8. The molecule has 0 aromatic carbocycles. The monoisotopic (exact) mass is 401 g/mol. The van der Waals surface area contributed by atoms with Gasteiger partial charge in [0.25, 0.3) is 5.91 Å². The first-order valence-electron chi connectivity index (χ1n) is 9.41. The van der Waals surface area contributed by atoms with Crippen molar-refractivity contribution >= 4 is 36.5 Å². The second kappa shape index (κ2) is 9.72. The van der Waals surface area contributed by atoms with Gasteiger partial charge in [0.2, 0.25) is 0 Å². The van der Waals surface area contributed by atoms with E-state index < -0.39 is 0 Å². The highest BCUT2D eigenvalue weighted by molar-refractivity contribution is 5.92. The molecule has 0 spiro atoms. The van der Waals surface area contributed by atoms with Crippen LogP contribution in [0.3, 0.4) is 0 Å². The molecule has 6 nitrogen and oxygen atoms in total. The van der Waals surface area contributed by atoms with Gasteiger partial charge in [0, 0.05) is 32.2 Å². The number of halogens is 2. The molecule has 2 aliphatic heterocycles. The Morgan fingerprint density at radius 1 is 1.00 bits per heavy atom. The fourth-order valence-electron chi connectivity index (χ4n) is 3.66. The minimum Gasteiger partial charge on any atom is -0.355 e. The first-order chi connectivity index (χ1) is 11.8. The lowest BCUT2D eigenvalue weighted by Gasteiger charge is -2.32. The van der Waals surface area contributed by atoms with Gasteiger partial charge in [-0.2, -0.15) is 0 Å². The van der Waals surface area contributed by atoms with E-state index in [0.29, 0.717) is 11.7 Å². The standard InChI is InChI=1S/C18H27N5O.2ClH/c24-18(16-5-6-17(21-20-16)22-9-1-2-10-22)23-11-7-15(8-12-23)19-13-14-3-4-14;;/h5-6,14-15,19H,1-4,7-13H2;2*1H. The average Bonchev–Trinajstić information content (AvgIpc) is 3.31. The second-order valence-corrected chi connectivity index (χ2v) is 7.39. The van der Waals surface area contributed by atoms with Crippen LogP contribution in [0.5, 0.6) is 0 Å². The van der Waals surface area contributed by atoms with Gasteiger partial charge in [-0.05, 0) is 63.1 Å². The Labute approximate surface area is 167 Å². The number of rotatable bonds is 5. The highest BCUT2D eigenvalue weighted by atomic mass is 35.5. The number of nitrogens with zero attached hydrogens (tertiary/aromatic N) is 4. The molecule has 0 radical (unpaired) electrons. The molecule has 146 valence electrons. The Balaban J connectivity index is 0.00000121. The third kappa shape index (κ3) is 5.21. The van der Waals surface area contributed by atoms with Gasteiger partial charge in [0.05, 0.1) is 0 Å². The fraction of sp³-hybridized carbons (Fsp3) is 0.722. The van der Waals surface area contributed by atoms with E-state index in [2.05, 4.69) is 20.4 Å². The predicted molar refractivity (Wildman–Crippen MR) is 108 cm³/mol. The van der Waals surface area contributed by atoms with Crippen molar-refractivity contribution in [3.05, 3.63) is 17.8 Å². The average molecular weight is 402 g/mol. The smallest absolute Gasteiger partial charge is 0.274 e. The number of hydrogen-bond acceptors (Lipinski definition) is 5. The van der Waals surface area contributed by atoms with Gasteiger partial charge in [-0.25, -0.2) is 0 Å². The van der Waals surface area contributed by atoms with Crippen LogP contribution in [-0.2, 0) is 0 Å². The predicted octanol–water partition coefficient (Wildman–Crippen LogP) is 2.52. The number of nitrogens with one attached hydrogen (secondary N) is 1. The van der Waals surface area contributed by atoms with Crippen LogP contribution in [-0.4, -0.2) is 59.8 Å². The van der Waals surface area contributed by atoms with Crippen LogP contribution in [0.25, 0.3) is 0 Å². The number of amides is 1. The quantitative estimate of drug-likeness (QED) is 0.820. The number of likely N-dealkylation sites (tertiary alicyclic amines) is 1. The van der Waals surface area contributed by atoms with Gasteiger partial charge in [-0.3, -0.25) is 4.79 Å². The number of hydrogen-bond donors (Lipinski definition) is 1. The third-order valence-corrected chi connectivity index (χ3v) is 5.47. The van der Waals surface area contributed by atoms with Crippen LogP contribution in [0.15, 0.2) is 12.1 Å². The number of piperidine rings is 1. The summed E-state index contributed by atoms with van der Waals surface area (Å²) in [7, 11) is 0. The molecular formula is C18H29Cl2N5O. The molecule has 8 heteroatoms. The first-order valence-corrected chi connectivity index (χ1v) is 9.41. The van der Waals surface area contributed by atoms with E-state index in [-0.39, 0.29) is 30.7 Å². The van der Waals surface area contributed by atoms with E-state index in [1.165, 1.54) is 25.7 Å². The van der Waals surface area contributed by atoms with Gasteiger partial charge in [-0.15, -0.1) is 35.0 Å². The van der Waals surface area contributed by atoms with Crippen LogP contribution in [0.4, 0.5) is 5.82 Å². The van der Waals surface area contributed by atoms with Crippen molar-refractivity contribution in [1.29, 1.82) is 0 Å². The van der Waals surface area contributed by atoms with Crippen molar-refractivity contribution in [3.8, 4) is 0 Å². The molecule has 3 fully saturated rings. The maximum atomic E-state index is 12.6. The summed E-state index contributed by atoms with van der Waals surface area (Å²) in [5.74, 6) is 1.83. The topological polar surface area (TPSA) is 61.4 Å². The molecule has 2 saturated heterocycles. The third-order valence-electron chi connectivity index (χ3n) is 5.47. The number of carbonyl (C=O) groups is 1. The maximum Gasteiger partial charge on any atom is 0.274 e. The molecule has 1 aromatic heterocycles. The van der Waals surface area contributed by atoms with Gasteiger partial charge in [0.15, 0.2) is 11.5 Å². The molecule has 1 aromatic rings. The highest BCUT2D eigenvalue weighted by Gasteiger charge is 2.27. The van der Waals surface area contributed by atoms with Crippen LogP contribution in [0, 0.1) is 5.92 Å². The summed E-state index contributed by atoms with van der Waals surface area (Å²) in [6, 6.07) is 4.34. The Morgan fingerprint density at radius 2 is 1.69 bits per heavy atom. The number of anilines is 1. The van der Waals surface area contributed by atoms with Crippen molar-refractivity contribution in [2.75, 3.05) is 37.6 Å². The van der Waals surface area contributed by atoms with E-state index in [1.807, 2.05) is 17.0 Å². The second-order valence-electron chi connectivity index (χ2n) is 7.39. The summed E-state index contributed by atoms with van der Waals surface area (Å²) in [5, 5.41) is 12.1. The molecule has 3 heterocycles. The Bertz CT molecular complexity index is 567. The van der Waals surface area contributed by atoms with Crippen molar-refractivity contribution in [2.24, 2.45) is 5.92 Å². The molecule has 26 heavy (non-hydrogen) atoms. The largest absolute Gasteiger partial charge is 0.355 e. The Hall–Kier alpha value is -1.11. The van der Waals surface area contributed by atoms with Crippen LogP contribution in [0.2, 0.25) is 0 Å². The summed E-state index contributed by atoms with van der Waals surface area (Å²) >= 11 is 0. The van der Waals surface area contributed by atoms with Gasteiger partial charge in [-0.1, -0.05) is 0 Å². The molecule has 1 aliphatic carbocycles. The number of aromatic nitrogens is 2. The van der Waals surface area contributed by atoms with E-state index in [0.717, 1.165) is 57.3 Å². The molecule has 0 bridgehead atoms. The van der Waals surface area contributed by atoms with Gasteiger partial charge in [0.1, 0.15) is 0 Å². The van der Waals surface area contributed by atoms with Crippen molar-refractivity contribution in [3.63, 3.8) is 0 Å². The normalized spacial score (nSPS) is 20.5. The SMILES string of the molecule is Cl.Cl.O=C(c1ccc(N2CCCC2)nn1)N1CCC(NCC2CC2)CC1. The van der Waals surface area contributed by atoms with Crippen molar-refractivity contribution in [2.45, 2.75) is 44.6 Å². The molecule has 1 N–H and O–H groups in total. The molecule has 1 saturated carbocycles. The molecule has 1 amide bonds. The molecule has 0 unspecified atom stereocenters. The zero-order chi connectivity index (χ0) is 16.4. The van der Waals surface area contributed by atoms with Gasteiger partial charge >= 0.3 is 0 Å². The molecule has 4 rings (SSSR count). The van der Waals surface area contributed by atoms with E-state index in [1.54, 1.807) is 0 Å². The fourth-order valence-corrected chi connectivity index (χ4v) is 3.66. The van der Waals surface area contributed by atoms with Crippen LogP contribution < -0.4 is 10.2 Å². The van der Waals surface area contributed by atoms with Crippen LogP contribution >= 0.6 is 24.8 Å². The van der Waals surface area contributed by atoms with E-state index in [9.17, 15) is 4.79 Å². The first kappa shape index (κ1) is 21.2. The Morgan fingerprint density at radius 3 is 2.27 bits per heavy atom. The molecule has 3 aliphatic rings. The van der Waals surface area contributed by atoms with E-state index >= 15 is 0 Å². The van der Waals surface area contributed by atoms with Crippen LogP contribution in [0.1, 0.15) is 49.0 Å². The highest BCUT2D eigenvalue weighted by Crippen LogP contribution is 2.28. The van der Waals surface area contributed by atoms with Crippen molar-refractivity contribution < 1.29 is 4.79 Å². The number of carbonyl (C=O) groups excluding carboxylic acids is 1. The zero-order valence-corrected chi connectivity index (χ0v) is 16.7.